The van der Waals surface area contributed by atoms with Gasteiger partial charge in [0.25, 0.3) is 0 Å². The number of nitrogens with zero attached hydrogens (tertiary/aromatic N) is 1. The Bertz CT molecular complexity index is 485. The van der Waals surface area contributed by atoms with Crippen LogP contribution in [0.25, 0.3) is 0 Å². The van der Waals surface area contributed by atoms with Gasteiger partial charge in [-0.3, -0.25) is 4.79 Å². The molecule has 1 aliphatic rings. The van der Waals surface area contributed by atoms with Gasteiger partial charge in [0.15, 0.2) is 0 Å². The second-order valence-corrected chi connectivity index (χ2v) is 6.81. The number of hydrogen-bond acceptors (Lipinski definition) is 3. The summed E-state index contributed by atoms with van der Waals surface area (Å²) in [7, 11) is 2.09. The van der Waals surface area contributed by atoms with Crippen LogP contribution in [0.4, 0.5) is 0 Å². The molecule has 1 saturated heterocycles. The molecule has 1 aliphatic heterocycles. The van der Waals surface area contributed by atoms with Crippen LogP contribution in [0.15, 0.2) is 24.3 Å². The van der Waals surface area contributed by atoms with E-state index in [1.54, 1.807) is 0 Å². The summed E-state index contributed by atoms with van der Waals surface area (Å²) in [6.07, 6.45) is 4.30. The summed E-state index contributed by atoms with van der Waals surface area (Å²) in [6.45, 7) is 6.81. The summed E-state index contributed by atoms with van der Waals surface area (Å²) in [5.41, 5.74) is 1.28. The maximum atomic E-state index is 12.1. The summed E-state index contributed by atoms with van der Waals surface area (Å²) in [5.74, 6) is 1.30. The molecule has 0 saturated carbocycles. The SMILES string of the molecule is CC(C)Oc1ccc(CCCNC(=O)[C@H]2CCCN(C)C2)cc1. The summed E-state index contributed by atoms with van der Waals surface area (Å²) in [5, 5.41) is 3.09. The summed E-state index contributed by atoms with van der Waals surface area (Å²) in [6, 6.07) is 8.25. The van der Waals surface area contributed by atoms with E-state index in [4.69, 9.17) is 4.74 Å². The van der Waals surface area contributed by atoms with Crippen molar-refractivity contribution in [1.29, 1.82) is 0 Å². The van der Waals surface area contributed by atoms with Gasteiger partial charge in [0, 0.05) is 13.1 Å². The van der Waals surface area contributed by atoms with Gasteiger partial charge >= 0.3 is 0 Å². The molecule has 0 aromatic heterocycles. The van der Waals surface area contributed by atoms with E-state index < -0.39 is 0 Å². The van der Waals surface area contributed by atoms with Crippen molar-refractivity contribution < 1.29 is 9.53 Å². The van der Waals surface area contributed by atoms with Crippen LogP contribution in [0, 0.1) is 5.92 Å². The Morgan fingerprint density at radius 3 is 2.74 bits per heavy atom. The first-order chi connectivity index (χ1) is 11.0. The molecule has 0 radical (unpaired) electrons. The van der Waals surface area contributed by atoms with Gasteiger partial charge in [-0.2, -0.15) is 0 Å². The first-order valence-electron chi connectivity index (χ1n) is 8.76. The number of carbonyl (C=O) groups excluding carboxylic acids is 1. The van der Waals surface area contributed by atoms with Gasteiger partial charge in [0.05, 0.1) is 12.0 Å². The highest BCUT2D eigenvalue weighted by atomic mass is 16.5. The number of piperidine rings is 1. The molecule has 0 unspecified atom stereocenters. The molecule has 1 fully saturated rings. The van der Waals surface area contributed by atoms with Crippen LogP contribution < -0.4 is 10.1 Å². The Kier molecular flexibility index (Phi) is 6.90. The van der Waals surface area contributed by atoms with Crippen LogP contribution >= 0.6 is 0 Å². The largest absolute Gasteiger partial charge is 0.491 e. The molecule has 0 aliphatic carbocycles. The molecule has 1 aromatic rings. The van der Waals surface area contributed by atoms with Gasteiger partial charge < -0.3 is 15.0 Å². The maximum Gasteiger partial charge on any atom is 0.224 e. The van der Waals surface area contributed by atoms with Gasteiger partial charge in [0.1, 0.15) is 5.75 Å². The average molecular weight is 318 g/mol. The summed E-state index contributed by atoms with van der Waals surface area (Å²) >= 11 is 0. The van der Waals surface area contributed by atoms with Crippen LogP contribution in [0.1, 0.15) is 38.7 Å². The number of ether oxygens (including phenoxy) is 1. The number of carbonyl (C=O) groups is 1. The minimum Gasteiger partial charge on any atom is -0.491 e. The molecule has 128 valence electrons. The number of benzene rings is 1. The van der Waals surface area contributed by atoms with Crippen molar-refractivity contribution >= 4 is 5.91 Å². The summed E-state index contributed by atoms with van der Waals surface area (Å²) < 4.78 is 5.64. The fourth-order valence-corrected chi connectivity index (χ4v) is 3.04. The zero-order valence-corrected chi connectivity index (χ0v) is 14.7. The third-order valence-corrected chi connectivity index (χ3v) is 4.23. The van der Waals surface area contributed by atoms with Crippen LogP contribution in [-0.4, -0.2) is 43.6 Å². The van der Waals surface area contributed by atoms with Crippen molar-refractivity contribution in [2.24, 2.45) is 5.92 Å². The predicted octanol–water partition coefficient (Wildman–Crippen LogP) is 2.86. The molecule has 1 heterocycles. The van der Waals surface area contributed by atoms with E-state index in [-0.39, 0.29) is 17.9 Å². The molecule has 1 atom stereocenters. The van der Waals surface area contributed by atoms with Crippen LogP contribution in [0.2, 0.25) is 0 Å². The molecule has 4 nitrogen and oxygen atoms in total. The van der Waals surface area contributed by atoms with Crippen molar-refractivity contribution in [3.8, 4) is 5.75 Å². The second-order valence-electron chi connectivity index (χ2n) is 6.81. The van der Waals surface area contributed by atoms with Gasteiger partial charge in [-0.25, -0.2) is 0 Å². The maximum absolute atomic E-state index is 12.1. The molecule has 1 aromatic carbocycles. The van der Waals surface area contributed by atoms with Gasteiger partial charge in [-0.1, -0.05) is 12.1 Å². The molecular formula is C19H30N2O2. The van der Waals surface area contributed by atoms with E-state index in [1.165, 1.54) is 5.56 Å². The quantitative estimate of drug-likeness (QED) is 0.786. The van der Waals surface area contributed by atoms with Crippen LogP contribution in [-0.2, 0) is 11.2 Å². The molecule has 1 amide bonds. The van der Waals surface area contributed by atoms with Crippen molar-refractivity contribution in [3.63, 3.8) is 0 Å². The lowest BCUT2D eigenvalue weighted by atomic mass is 9.97. The molecule has 23 heavy (non-hydrogen) atoms. The Hall–Kier alpha value is -1.55. The first kappa shape index (κ1) is 17.8. The summed E-state index contributed by atoms with van der Waals surface area (Å²) in [4.78, 5) is 14.4. The van der Waals surface area contributed by atoms with E-state index >= 15 is 0 Å². The van der Waals surface area contributed by atoms with E-state index in [2.05, 4.69) is 29.4 Å². The number of hydrogen-bond donors (Lipinski definition) is 1. The number of aryl methyl sites for hydroxylation is 1. The highest BCUT2D eigenvalue weighted by Gasteiger charge is 2.23. The monoisotopic (exact) mass is 318 g/mol. The van der Waals surface area contributed by atoms with Crippen LogP contribution in [0.3, 0.4) is 0 Å². The molecule has 4 heteroatoms. The van der Waals surface area contributed by atoms with Gasteiger partial charge in [-0.15, -0.1) is 0 Å². The minimum absolute atomic E-state index is 0.168. The minimum atomic E-state index is 0.168. The van der Waals surface area contributed by atoms with E-state index in [9.17, 15) is 4.79 Å². The standard InChI is InChI=1S/C19H30N2O2/c1-15(2)23-18-10-8-16(9-11-18)6-4-12-20-19(22)17-7-5-13-21(3)14-17/h8-11,15,17H,4-7,12-14H2,1-3H3,(H,20,22)/t17-/m0/s1. The third kappa shape index (κ3) is 6.22. The van der Waals surface area contributed by atoms with Crippen molar-refractivity contribution in [1.82, 2.24) is 10.2 Å². The normalized spacial score (nSPS) is 18.9. The average Bonchev–Trinajstić information content (AvgIpc) is 2.52. The fourth-order valence-electron chi connectivity index (χ4n) is 3.04. The highest BCUT2D eigenvalue weighted by Crippen LogP contribution is 2.16. The molecule has 0 bridgehead atoms. The molecule has 1 N–H and O–H groups in total. The molecular weight excluding hydrogens is 288 g/mol. The zero-order chi connectivity index (χ0) is 16.7. The Morgan fingerprint density at radius 2 is 2.09 bits per heavy atom. The lowest BCUT2D eigenvalue weighted by Gasteiger charge is -2.28. The number of amides is 1. The molecule has 2 rings (SSSR count). The Labute approximate surface area is 140 Å². The van der Waals surface area contributed by atoms with Crippen molar-refractivity contribution in [2.45, 2.75) is 45.6 Å². The fraction of sp³-hybridized carbons (Fsp3) is 0.632. The second kappa shape index (κ2) is 8.92. The molecule has 0 spiro atoms. The number of likely N-dealkylation sites (tertiary alicyclic amines) is 1. The van der Waals surface area contributed by atoms with E-state index in [0.29, 0.717) is 0 Å². The Morgan fingerprint density at radius 1 is 1.35 bits per heavy atom. The number of nitrogens with one attached hydrogen (secondary N) is 1. The van der Waals surface area contributed by atoms with E-state index in [0.717, 1.165) is 51.1 Å². The zero-order valence-electron chi connectivity index (χ0n) is 14.7. The predicted molar refractivity (Wildman–Crippen MR) is 93.8 cm³/mol. The van der Waals surface area contributed by atoms with Crippen molar-refractivity contribution in [3.05, 3.63) is 29.8 Å². The first-order valence-corrected chi connectivity index (χ1v) is 8.76. The van der Waals surface area contributed by atoms with E-state index in [1.807, 2.05) is 26.0 Å². The lowest BCUT2D eigenvalue weighted by molar-refractivity contribution is -0.126. The van der Waals surface area contributed by atoms with Crippen LogP contribution in [0.5, 0.6) is 5.75 Å². The smallest absolute Gasteiger partial charge is 0.224 e. The van der Waals surface area contributed by atoms with Gasteiger partial charge in [0.2, 0.25) is 5.91 Å². The topological polar surface area (TPSA) is 41.6 Å². The van der Waals surface area contributed by atoms with Gasteiger partial charge in [-0.05, 0) is 70.8 Å². The number of rotatable bonds is 7. The third-order valence-electron chi connectivity index (χ3n) is 4.23. The van der Waals surface area contributed by atoms with Crippen molar-refractivity contribution in [2.75, 3.05) is 26.7 Å². The lowest BCUT2D eigenvalue weighted by Crippen LogP contribution is -2.41. The Balaban J connectivity index is 1.65. The highest BCUT2D eigenvalue weighted by molar-refractivity contribution is 5.78.